The molecule has 0 spiro atoms. The molecule has 5 nitrogen and oxygen atoms in total. The van der Waals surface area contributed by atoms with Gasteiger partial charge in [-0.05, 0) is 12.0 Å². The van der Waals surface area contributed by atoms with Crippen LogP contribution < -0.4 is 0 Å². The zero-order chi connectivity index (χ0) is 15.2. The molecule has 0 bridgehead atoms. The second-order valence-corrected chi connectivity index (χ2v) is 4.33. The number of hydrogen-bond acceptors (Lipinski definition) is 4. The van der Waals surface area contributed by atoms with Gasteiger partial charge in [-0.1, -0.05) is 37.3 Å². The van der Waals surface area contributed by atoms with Crippen LogP contribution >= 0.6 is 0 Å². The number of pyridine rings is 1. The Labute approximate surface area is 154 Å². The van der Waals surface area contributed by atoms with Gasteiger partial charge in [0.1, 0.15) is 0 Å². The van der Waals surface area contributed by atoms with Gasteiger partial charge in [-0.3, -0.25) is 9.89 Å². The van der Waals surface area contributed by atoms with Crippen LogP contribution in [0.25, 0.3) is 11.0 Å². The Morgan fingerprint density at radius 3 is 2.50 bits per heavy atom. The zero-order valence-corrected chi connectivity index (χ0v) is 15.4. The predicted octanol–water partition coefficient (Wildman–Crippen LogP) is 2.36. The number of carbonyl (C=O) groups excluding carboxylic acids is 1. The fourth-order valence-electron chi connectivity index (χ4n) is 2.27. The van der Waals surface area contributed by atoms with E-state index in [0.29, 0.717) is 11.1 Å². The molecule has 0 aliphatic carbocycles. The van der Waals surface area contributed by atoms with Crippen molar-refractivity contribution in [2.24, 2.45) is 0 Å². The van der Waals surface area contributed by atoms with Gasteiger partial charge in [0.15, 0.2) is 11.4 Å². The van der Waals surface area contributed by atoms with E-state index in [2.05, 4.69) is 15.2 Å². The molecule has 3 rings (SSSR count). The standard InChI is InChI=1S/C15H13N3O.CH4O.Y/c1-2-11-12(8-16-15-13(11)9-17-18-15)14(19)10-6-4-3-5-7-10;1-2;/h3-9H,2H2,1H3,(H,16,17,18);2H,1H3;. The van der Waals surface area contributed by atoms with Crippen molar-refractivity contribution in [3.8, 4) is 0 Å². The Balaban J connectivity index is 0.000000775. The van der Waals surface area contributed by atoms with E-state index in [9.17, 15) is 4.79 Å². The molecule has 0 unspecified atom stereocenters. The Hall–Kier alpha value is -1.43. The van der Waals surface area contributed by atoms with Gasteiger partial charge in [0.25, 0.3) is 0 Å². The molecule has 2 heterocycles. The number of aromatic amines is 1. The quantitative estimate of drug-likeness (QED) is 0.692. The third-order valence-corrected chi connectivity index (χ3v) is 3.23. The summed E-state index contributed by atoms with van der Waals surface area (Å²) in [5, 5.41) is 14.7. The van der Waals surface area contributed by atoms with E-state index >= 15 is 0 Å². The van der Waals surface area contributed by atoms with Gasteiger partial charge in [-0.2, -0.15) is 5.10 Å². The minimum Gasteiger partial charge on any atom is -0.400 e. The first kappa shape index (κ1) is 18.6. The Morgan fingerprint density at radius 1 is 1.18 bits per heavy atom. The third-order valence-electron chi connectivity index (χ3n) is 3.23. The molecule has 0 fully saturated rings. The van der Waals surface area contributed by atoms with Gasteiger partial charge < -0.3 is 5.11 Å². The largest absolute Gasteiger partial charge is 0.400 e. The second-order valence-electron chi connectivity index (χ2n) is 4.33. The SMILES string of the molecule is CCc1c(C(=O)c2ccccc2)cnc2[nH]ncc12.CO.[Y]. The number of aromatic nitrogens is 3. The first-order chi connectivity index (χ1) is 10.3. The molecular formula is C16H17N3O2Y. The number of rotatable bonds is 3. The first-order valence-corrected chi connectivity index (χ1v) is 6.66. The van der Waals surface area contributed by atoms with Crippen molar-refractivity contribution in [2.45, 2.75) is 13.3 Å². The number of nitrogens with one attached hydrogen (secondary N) is 1. The minimum atomic E-state index is 0. The number of aryl methyl sites for hydroxylation is 1. The van der Waals surface area contributed by atoms with Crippen molar-refractivity contribution in [3.05, 3.63) is 59.4 Å². The summed E-state index contributed by atoms with van der Waals surface area (Å²) in [6.07, 6.45) is 4.13. The summed E-state index contributed by atoms with van der Waals surface area (Å²) >= 11 is 0. The third kappa shape index (κ3) is 3.66. The number of H-pyrrole nitrogens is 1. The molecule has 111 valence electrons. The summed E-state index contributed by atoms with van der Waals surface area (Å²) < 4.78 is 0. The molecule has 2 N–H and O–H groups in total. The number of benzene rings is 1. The monoisotopic (exact) mass is 372 g/mol. The number of ketones is 1. The molecular weight excluding hydrogens is 355 g/mol. The molecule has 0 saturated carbocycles. The van der Waals surface area contributed by atoms with Crippen molar-refractivity contribution in [1.82, 2.24) is 15.2 Å². The van der Waals surface area contributed by atoms with Crippen molar-refractivity contribution >= 4 is 16.8 Å². The summed E-state index contributed by atoms with van der Waals surface area (Å²) in [7, 11) is 1.00. The number of nitrogens with zero attached hydrogens (tertiary/aromatic N) is 2. The van der Waals surface area contributed by atoms with E-state index in [0.717, 1.165) is 30.1 Å². The smallest absolute Gasteiger partial charge is 0.194 e. The van der Waals surface area contributed by atoms with Gasteiger partial charge in [0, 0.05) is 62.5 Å². The molecule has 3 aromatic rings. The number of aliphatic hydroxyl groups is 1. The van der Waals surface area contributed by atoms with Crippen molar-refractivity contribution in [3.63, 3.8) is 0 Å². The van der Waals surface area contributed by atoms with Crippen LogP contribution in [0.4, 0.5) is 0 Å². The van der Waals surface area contributed by atoms with Crippen LogP contribution in [-0.4, -0.2) is 33.2 Å². The molecule has 0 aliphatic heterocycles. The molecule has 0 aliphatic rings. The molecule has 0 atom stereocenters. The predicted molar refractivity (Wildman–Crippen MR) is 81.3 cm³/mol. The Morgan fingerprint density at radius 2 is 1.86 bits per heavy atom. The molecule has 6 heteroatoms. The van der Waals surface area contributed by atoms with Crippen LogP contribution in [0.2, 0.25) is 0 Å². The molecule has 0 amide bonds. The molecule has 22 heavy (non-hydrogen) atoms. The van der Waals surface area contributed by atoms with Gasteiger partial charge in [0.05, 0.1) is 6.20 Å². The van der Waals surface area contributed by atoms with Crippen LogP contribution in [0.15, 0.2) is 42.7 Å². The van der Waals surface area contributed by atoms with Crippen LogP contribution in [0.5, 0.6) is 0 Å². The average Bonchev–Trinajstić information content (AvgIpc) is 3.04. The maximum atomic E-state index is 12.5. The van der Waals surface area contributed by atoms with Gasteiger partial charge in [-0.15, -0.1) is 0 Å². The van der Waals surface area contributed by atoms with Gasteiger partial charge in [-0.25, -0.2) is 4.98 Å². The first-order valence-electron chi connectivity index (χ1n) is 6.66. The van der Waals surface area contributed by atoms with Crippen molar-refractivity contribution in [1.29, 1.82) is 0 Å². The minimum absolute atomic E-state index is 0. The maximum Gasteiger partial charge on any atom is 0.194 e. The Bertz CT molecular complexity index is 741. The number of fused-ring (bicyclic) bond motifs is 1. The molecule has 2 aromatic heterocycles. The fraction of sp³-hybridized carbons (Fsp3) is 0.188. The van der Waals surface area contributed by atoms with E-state index in [1.807, 2.05) is 37.3 Å². The number of aliphatic hydroxyl groups excluding tert-OH is 1. The van der Waals surface area contributed by atoms with Crippen LogP contribution in [0.1, 0.15) is 28.4 Å². The van der Waals surface area contributed by atoms with Crippen molar-refractivity contribution in [2.75, 3.05) is 7.11 Å². The fourth-order valence-corrected chi connectivity index (χ4v) is 2.27. The number of carbonyl (C=O) groups is 1. The zero-order valence-electron chi connectivity index (χ0n) is 12.6. The summed E-state index contributed by atoms with van der Waals surface area (Å²) in [5.74, 6) is 0.00745. The van der Waals surface area contributed by atoms with Crippen molar-refractivity contribution < 1.29 is 42.6 Å². The van der Waals surface area contributed by atoms with E-state index in [1.165, 1.54) is 0 Å². The summed E-state index contributed by atoms with van der Waals surface area (Å²) in [6.45, 7) is 2.03. The van der Waals surface area contributed by atoms with Gasteiger partial charge >= 0.3 is 0 Å². The maximum absolute atomic E-state index is 12.5. The van der Waals surface area contributed by atoms with E-state index < -0.39 is 0 Å². The molecule has 1 radical (unpaired) electrons. The van der Waals surface area contributed by atoms with E-state index in [1.54, 1.807) is 12.4 Å². The second kappa shape index (κ2) is 8.88. The summed E-state index contributed by atoms with van der Waals surface area (Å²) in [6, 6.07) is 9.27. The van der Waals surface area contributed by atoms with E-state index in [-0.39, 0.29) is 38.5 Å². The average molecular weight is 372 g/mol. The van der Waals surface area contributed by atoms with E-state index in [4.69, 9.17) is 5.11 Å². The summed E-state index contributed by atoms with van der Waals surface area (Å²) in [5.41, 5.74) is 3.05. The van der Waals surface area contributed by atoms with Gasteiger partial charge in [0.2, 0.25) is 0 Å². The van der Waals surface area contributed by atoms with Crippen LogP contribution in [0, 0.1) is 0 Å². The summed E-state index contributed by atoms with van der Waals surface area (Å²) in [4.78, 5) is 16.8. The molecule has 0 saturated heterocycles. The van der Waals surface area contributed by atoms with Crippen LogP contribution in [-0.2, 0) is 39.1 Å². The topological polar surface area (TPSA) is 78.9 Å². The molecule has 1 aromatic carbocycles. The normalized spacial score (nSPS) is 9.59. The van der Waals surface area contributed by atoms with Crippen LogP contribution in [0.3, 0.4) is 0 Å². The number of hydrogen-bond donors (Lipinski definition) is 2. The Kier molecular flexibility index (Phi) is 7.52.